The molecule has 4 nitrogen and oxygen atoms in total. The van der Waals surface area contributed by atoms with Crippen molar-refractivity contribution in [3.05, 3.63) is 24.3 Å². The summed E-state index contributed by atoms with van der Waals surface area (Å²) in [6.07, 6.45) is 0.669. The van der Waals surface area contributed by atoms with Crippen LogP contribution in [0.2, 0.25) is 0 Å². The number of rotatable bonds is 7. The van der Waals surface area contributed by atoms with Crippen LogP contribution in [0.15, 0.2) is 29.2 Å². The number of carbonyl (C=O) groups is 1. The van der Waals surface area contributed by atoms with E-state index in [4.69, 9.17) is 10.00 Å². The lowest BCUT2D eigenvalue weighted by atomic mass is 10.0. The third-order valence-electron chi connectivity index (χ3n) is 2.92. The molecule has 2 atom stereocenters. The molecular weight excluding hydrogens is 284 g/mol. The molecule has 1 amide bonds. The van der Waals surface area contributed by atoms with Gasteiger partial charge in [0.15, 0.2) is 0 Å². The minimum atomic E-state index is -0.420. The van der Waals surface area contributed by atoms with Gasteiger partial charge in [0.2, 0.25) is 5.91 Å². The molecule has 0 saturated carbocycles. The summed E-state index contributed by atoms with van der Waals surface area (Å²) in [5.74, 6) is 1.06. The Balaban J connectivity index is 2.55. The van der Waals surface area contributed by atoms with Crippen LogP contribution in [0, 0.1) is 17.2 Å². The molecule has 1 aromatic rings. The molecule has 0 aliphatic rings. The van der Waals surface area contributed by atoms with Crippen LogP contribution in [-0.2, 0) is 4.79 Å². The van der Waals surface area contributed by atoms with Crippen LogP contribution >= 0.6 is 11.8 Å². The normalized spacial score (nSPS) is 13.3. The number of benzene rings is 1. The molecule has 0 bridgehead atoms. The highest BCUT2D eigenvalue weighted by Gasteiger charge is 2.19. The second-order valence-corrected chi connectivity index (χ2v) is 6.67. The maximum absolute atomic E-state index is 12.1. The fraction of sp³-hybridized carbons (Fsp3) is 0.500. The van der Waals surface area contributed by atoms with Gasteiger partial charge >= 0.3 is 0 Å². The largest absolute Gasteiger partial charge is 0.497 e. The molecule has 0 aliphatic heterocycles. The molecule has 0 unspecified atom stereocenters. The summed E-state index contributed by atoms with van der Waals surface area (Å²) in [5, 5.41) is 11.6. The van der Waals surface area contributed by atoms with Crippen molar-refractivity contribution in [3.63, 3.8) is 0 Å². The van der Waals surface area contributed by atoms with E-state index in [9.17, 15) is 4.79 Å². The molecule has 0 spiro atoms. The van der Waals surface area contributed by atoms with Crippen molar-refractivity contribution in [2.75, 3.05) is 7.11 Å². The van der Waals surface area contributed by atoms with Crippen LogP contribution in [0.4, 0.5) is 0 Å². The maximum atomic E-state index is 12.1. The third-order valence-corrected chi connectivity index (χ3v) is 4.03. The fourth-order valence-corrected chi connectivity index (χ4v) is 2.69. The van der Waals surface area contributed by atoms with Gasteiger partial charge < -0.3 is 10.1 Å². The Morgan fingerprint density at radius 2 is 1.95 bits per heavy atom. The lowest BCUT2D eigenvalue weighted by Gasteiger charge is -2.17. The number of hydrogen-bond acceptors (Lipinski definition) is 4. The smallest absolute Gasteiger partial charge is 0.234 e. The van der Waals surface area contributed by atoms with Crippen molar-refractivity contribution in [2.45, 2.75) is 43.4 Å². The van der Waals surface area contributed by atoms with Gasteiger partial charge in [0, 0.05) is 4.90 Å². The average molecular weight is 306 g/mol. The summed E-state index contributed by atoms with van der Waals surface area (Å²) < 4.78 is 5.10. The number of nitrogens with one attached hydrogen (secondary N) is 1. The minimum absolute atomic E-state index is 0.108. The number of nitrogens with zero attached hydrogens (tertiary/aromatic N) is 1. The van der Waals surface area contributed by atoms with Crippen LogP contribution in [0.5, 0.6) is 5.75 Å². The molecule has 5 heteroatoms. The second-order valence-electron chi connectivity index (χ2n) is 5.26. The van der Waals surface area contributed by atoms with E-state index in [0.29, 0.717) is 12.3 Å². The van der Waals surface area contributed by atoms with E-state index in [1.54, 1.807) is 7.11 Å². The summed E-state index contributed by atoms with van der Waals surface area (Å²) in [7, 11) is 1.62. The SMILES string of the molecule is COc1ccc(S[C@@H](C)C(=O)N[C@@H](C#N)CC(C)C)cc1. The van der Waals surface area contributed by atoms with Crippen molar-refractivity contribution >= 4 is 17.7 Å². The first-order valence-electron chi connectivity index (χ1n) is 6.97. The van der Waals surface area contributed by atoms with Crippen LogP contribution in [0.1, 0.15) is 27.2 Å². The van der Waals surface area contributed by atoms with E-state index in [-0.39, 0.29) is 11.2 Å². The van der Waals surface area contributed by atoms with Gasteiger partial charge in [-0.15, -0.1) is 11.8 Å². The second kappa shape index (κ2) is 8.58. The van der Waals surface area contributed by atoms with Crippen molar-refractivity contribution in [3.8, 4) is 11.8 Å². The number of methoxy groups -OCH3 is 1. The summed E-state index contributed by atoms with van der Waals surface area (Å²) in [6, 6.07) is 9.29. The van der Waals surface area contributed by atoms with Gasteiger partial charge in [-0.2, -0.15) is 5.26 Å². The monoisotopic (exact) mass is 306 g/mol. The topological polar surface area (TPSA) is 62.1 Å². The first-order valence-corrected chi connectivity index (χ1v) is 7.85. The summed E-state index contributed by atoms with van der Waals surface area (Å²) in [5.41, 5.74) is 0. The Kier molecular flexibility index (Phi) is 7.10. The molecule has 0 aliphatic carbocycles. The van der Waals surface area contributed by atoms with E-state index >= 15 is 0 Å². The number of carbonyl (C=O) groups excluding carboxylic acids is 1. The van der Waals surface area contributed by atoms with E-state index < -0.39 is 6.04 Å². The van der Waals surface area contributed by atoms with Crippen LogP contribution < -0.4 is 10.1 Å². The van der Waals surface area contributed by atoms with Gasteiger partial charge in [-0.25, -0.2) is 0 Å². The highest BCUT2D eigenvalue weighted by atomic mass is 32.2. The Morgan fingerprint density at radius 1 is 1.33 bits per heavy atom. The first-order chi connectivity index (χ1) is 9.96. The summed E-state index contributed by atoms with van der Waals surface area (Å²) >= 11 is 1.47. The predicted molar refractivity (Wildman–Crippen MR) is 85.3 cm³/mol. The van der Waals surface area contributed by atoms with Gasteiger partial charge in [-0.05, 0) is 43.5 Å². The number of thioether (sulfide) groups is 1. The highest BCUT2D eigenvalue weighted by Crippen LogP contribution is 2.25. The van der Waals surface area contributed by atoms with Gasteiger partial charge in [0.25, 0.3) is 0 Å². The number of ether oxygens (including phenoxy) is 1. The number of nitriles is 1. The van der Waals surface area contributed by atoms with E-state index in [0.717, 1.165) is 10.6 Å². The number of amides is 1. The average Bonchev–Trinajstić information content (AvgIpc) is 2.46. The minimum Gasteiger partial charge on any atom is -0.497 e. The Labute approximate surface area is 130 Å². The Bertz CT molecular complexity index is 494. The van der Waals surface area contributed by atoms with Gasteiger partial charge in [0.1, 0.15) is 11.8 Å². The molecular formula is C16H22N2O2S. The quantitative estimate of drug-likeness (QED) is 0.786. The lowest BCUT2D eigenvalue weighted by molar-refractivity contribution is -0.120. The number of hydrogen-bond donors (Lipinski definition) is 1. The van der Waals surface area contributed by atoms with Crippen molar-refractivity contribution in [2.24, 2.45) is 5.92 Å². The highest BCUT2D eigenvalue weighted by molar-refractivity contribution is 8.00. The summed E-state index contributed by atoms with van der Waals surface area (Å²) in [4.78, 5) is 13.1. The Hall–Kier alpha value is -1.67. The molecule has 0 aromatic heterocycles. The first kappa shape index (κ1) is 17.4. The third kappa shape index (κ3) is 6.09. The zero-order valence-electron chi connectivity index (χ0n) is 12.9. The molecule has 0 radical (unpaired) electrons. The van der Waals surface area contributed by atoms with Gasteiger partial charge in [-0.1, -0.05) is 13.8 Å². The molecule has 21 heavy (non-hydrogen) atoms. The zero-order valence-corrected chi connectivity index (χ0v) is 13.7. The summed E-state index contributed by atoms with van der Waals surface area (Å²) in [6.45, 7) is 5.91. The molecule has 0 fully saturated rings. The van der Waals surface area contributed by atoms with Crippen LogP contribution in [0.25, 0.3) is 0 Å². The van der Waals surface area contributed by atoms with E-state index in [1.807, 2.05) is 45.0 Å². The lowest BCUT2D eigenvalue weighted by Crippen LogP contribution is -2.39. The predicted octanol–water partition coefficient (Wildman–Crippen LogP) is 3.23. The Morgan fingerprint density at radius 3 is 2.43 bits per heavy atom. The molecule has 1 N–H and O–H groups in total. The zero-order chi connectivity index (χ0) is 15.8. The van der Waals surface area contributed by atoms with Gasteiger partial charge in [-0.3, -0.25) is 4.79 Å². The van der Waals surface area contributed by atoms with Gasteiger partial charge in [0.05, 0.1) is 18.4 Å². The molecule has 1 aromatic carbocycles. The van der Waals surface area contributed by atoms with Crippen LogP contribution in [0.3, 0.4) is 0 Å². The van der Waals surface area contributed by atoms with Crippen LogP contribution in [-0.4, -0.2) is 24.3 Å². The van der Waals surface area contributed by atoms with Crippen molar-refractivity contribution in [1.82, 2.24) is 5.32 Å². The molecule has 1 rings (SSSR count). The fourth-order valence-electron chi connectivity index (χ4n) is 1.82. The maximum Gasteiger partial charge on any atom is 0.234 e. The standard InChI is InChI=1S/C16H22N2O2S/c1-11(2)9-13(10-17)18-16(19)12(3)21-15-7-5-14(20-4)6-8-15/h5-8,11-13H,9H2,1-4H3,(H,18,19)/t12-,13+/m0/s1. The van der Waals surface area contributed by atoms with Crippen molar-refractivity contribution in [1.29, 1.82) is 5.26 Å². The van der Waals surface area contributed by atoms with Crippen molar-refractivity contribution < 1.29 is 9.53 Å². The molecule has 0 heterocycles. The molecule has 0 saturated heterocycles. The molecule has 114 valence electrons. The van der Waals surface area contributed by atoms with E-state index in [2.05, 4.69) is 11.4 Å². The van der Waals surface area contributed by atoms with E-state index in [1.165, 1.54) is 11.8 Å².